The van der Waals surface area contributed by atoms with Crippen LogP contribution in [0.25, 0.3) is 0 Å². The second-order valence-corrected chi connectivity index (χ2v) is 3.84. The molecule has 0 unspecified atom stereocenters. The van der Waals surface area contributed by atoms with Crippen LogP contribution < -0.4 is 5.01 Å². The first-order valence-corrected chi connectivity index (χ1v) is 5.07. The third-order valence-corrected chi connectivity index (χ3v) is 2.27. The van der Waals surface area contributed by atoms with Gasteiger partial charge < -0.3 is 0 Å². The van der Waals surface area contributed by atoms with Gasteiger partial charge in [-0.1, -0.05) is 0 Å². The van der Waals surface area contributed by atoms with E-state index in [4.69, 9.17) is 0 Å². The Hall–Kier alpha value is -1.99. The Morgan fingerprint density at radius 3 is 2.44 bits per heavy atom. The fourth-order valence-electron chi connectivity index (χ4n) is 1.57. The predicted molar refractivity (Wildman–Crippen MR) is 57.1 cm³/mol. The highest BCUT2D eigenvalue weighted by atomic mass is 19.4. The normalized spacial score (nSPS) is 16.2. The number of hydrogen-bond donors (Lipinski definition) is 0. The Morgan fingerprint density at radius 2 is 1.94 bits per heavy atom. The summed E-state index contributed by atoms with van der Waals surface area (Å²) in [7, 11) is 0. The van der Waals surface area contributed by atoms with Crippen molar-refractivity contribution in [2.75, 3.05) is 5.01 Å². The number of aryl methyl sites for hydroxylation is 2. The molecule has 0 aromatic carbocycles. The number of carbonyl (C=O) groups excluding carboxylic acids is 1. The molecule has 18 heavy (non-hydrogen) atoms. The van der Waals surface area contributed by atoms with Crippen LogP contribution in [0.3, 0.4) is 0 Å². The van der Waals surface area contributed by atoms with Gasteiger partial charge in [0.2, 0.25) is 0 Å². The Labute approximate surface area is 100 Å². The molecule has 8 heteroatoms. The molecule has 2 heterocycles. The second-order valence-electron chi connectivity index (χ2n) is 3.84. The molecule has 0 bridgehead atoms. The quantitative estimate of drug-likeness (QED) is 0.771. The maximum Gasteiger partial charge on any atom is 0.431 e. The third kappa shape index (κ3) is 2.31. The monoisotopic (exact) mass is 258 g/mol. The van der Waals surface area contributed by atoms with Gasteiger partial charge in [0.25, 0.3) is 5.91 Å². The Morgan fingerprint density at radius 1 is 1.28 bits per heavy atom. The SMILES string of the molecule is Cc1cc(N2N=C(C(F)(F)F)CC2=O)nc(C)n1. The first kappa shape index (κ1) is 12.5. The molecule has 0 saturated carbocycles. The van der Waals surface area contributed by atoms with Crippen molar-refractivity contribution in [2.24, 2.45) is 5.10 Å². The van der Waals surface area contributed by atoms with Gasteiger partial charge in [-0.25, -0.2) is 9.97 Å². The lowest BCUT2D eigenvalue weighted by Crippen LogP contribution is -2.22. The number of carbonyl (C=O) groups is 1. The number of amides is 1. The number of aromatic nitrogens is 2. The van der Waals surface area contributed by atoms with Crippen LogP contribution in [0.4, 0.5) is 19.0 Å². The maximum absolute atomic E-state index is 12.4. The summed E-state index contributed by atoms with van der Waals surface area (Å²) in [5, 5.41) is 3.95. The third-order valence-electron chi connectivity index (χ3n) is 2.27. The Kier molecular flexibility index (Phi) is 2.80. The summed E-state index contributed by atoms with van der Waals surface area (Å²) in [6, 6.07) is 1.41. The predicted octanol–water partition coefficient (Wildman–Crippen LogP) is 1.75. The van der Waals surface area contributed by atoms with Gasteiger partial charge >= 0.3 is 6.18 Å². The summed E-state index contributed by atoms with van der Waals surface area (Å²) >= 11 is 0. The van der Waals surface area contributed by atoms with E-state index in [9.17, 15) is 18.0 Å². The molecule has 0 saturated heterocycles. The van der Waals surface area contributed by atoms with Crippen molar-refractivity contribution in [1.29, 1.82) is 0 Å². The zero-order valence-corrected chi connectivity index (χ0v) is 9.62. The number of rotatable bonds is 1. The minimum atomic E-state index is -4.60. The Bertz CT molecular complexity index is 518. The van der Waals surface area contributed by atoms with E-state index in [0.717, 1.165) is 0 Å². The fraction of sp³-hybridized carbons (Fsp3) is 0.400. The first-order chi connectivity index (χ1) is 8.27. The summed E-state index contributed by atoms with van der Waals surface area (Å²) in [6.45, 7) is 3.25. The van der Waals surface area contributed by atoms with Gasteiger partial charge in [-0.2, -0.15) is 23.3 Å². The minimum absolute atomic E-state index is 0.0595. The van der Waals surface area contributed by atoms with Crippen molar-refractivity contribution >= 4 is 17.4 Å². The molecule has 1 aliphatic heterocycles. The van der Waals surface area contributed by atoms with Gasteiger partial charge in [-0.3, -0.25) is 4.79 Å². The molecular formula is C10H9F3N4O. The van der Waals surface area contributed by atoms with Crippen molar-refractivity contribution in [3.05, 3.63) is 17.6 Å². The lowest BCUT2D eigenvalue weighted by Gasteiger charge is -2.11. The van der Waals surface area contributed by atoms with E-state index in [-0.39, 0.29) is 5.82 Å². The molecule has 0 fully saturated rings. The molecule has 1 aliphatic rings. The van der Waals surface area contributed by atoms with E-state index in [1.807, 2.05) is 0 Å². The zero-order valence-electron chi connectivity index (χ0n) is 9.62. The topological polar surface area (TPSA) is 58.5 Å². The molecule has 5 nitrogen and oxygen atoms in total. The van der Waals surface area contributed by atoms with Gasteiger partial charge in [0.15, 0.2) is 11.5 Å². The van der Waals surface area contributed by atoms with Crippen LogP contribution in [0.5, 0.6) is 0 Å². The van der Waals surface area contributed by atoms with Crippen molar-refractivity contribution in [2.45, 2.75) is 26.4 Å². The van der Waals surface area contributed by atoms with Gasteiger partial charge in [0, 0.05) is 11.8 Å². The number of nitrogens with zero attached hydrogens (tertiary/aromatic N) is 4. The number of hydrazone groups is 1. The number of anilines is 1. The van der Waals surface area contributed by atoms with Crippen molar-refractivity contribution < 1.29 is 18.0 Å². The van der Waals surface area contributed by atoms with Crippen molar-refractivity contribution in [3.63, 3.8) is 0 Å². The summed E-state index contributed by atoms with van der Waals surface area (Å²) in [4.78, 5) is 19.4. The number of hydrogen-bond acceptors (Lipinski definition) is 4. The highest BCUT2D eigenvalue weighted by Crippen LogP contribution is 2.27. The van der Waals surface area contributed by atoms with Gasteiger partial charge in [0.05, 0.1) is 6.42 Å². The largest absolute Gasteiger partial charge is 0.431 e. The molecule has 0 spiro atoms. The minimum Gasteiger partial charge on any atom is -0.272 e. The van der Waals surface area contributed by atoms with Crippen molar-refractivity contribution in [1.82, 2.24) is 9.97 Å². The van der Waals surface area contributed by atoms with E-state index >= 15 is 0 Å². The number of alkyl halides is 3. The standard InChI is InChI=1S/C10H9F3N4O/c1-5-3-8(15-6(2)14-5)17-9(18)4-7(16-17)10(11,12)13/h3H,4H2,1-2H3. The zero-order chi connectivity index (χ0) is 13.5. The highest BCUT2D eigenvalue weighted by molar-refractivity contribution is 6.14. The summed E-state index contributed by atoms with van der Waals surface area (Å²) in [5.74, 6) is -0.322. The molecular weight excluding hydrogens is 249 g/mol. The first-order valence-electron chi connectivity index (χ1n) is 5.07. The molecule has 0 N–H and O–H groups in total. The average Bonchev–Trinajstić information content (AvgIpc) is 2.58. The molecule has 96 valence electrons. The highest BCUT2D eigenvalue weighted by Gasteiger charge is 2.43. The van der Waals surface area contributed by atoms with Crippen LogP contribution in [0.15, 0.2) is 11.2 Å². The molecule has 0 aliphatic carbocycles. The van der Waals surface area contributed by atoms with Gasteiger partial charge in [0.1, 0.15) is 5.82 Å². The van der Waals surface area contributed by atoms with Crippen LogP contribution in [-0.4, -0.2) is 27.8 Å². The fourth-order valence-corrected chi connectivity index (χ4v) is 1.57. The summed E-state index contributed by atoms with van der Waals surface area (Å²) < 4.78 is 37.3. The van der Waals surface area contributed by atoms with Gasteiger partial charge in [-0.15, -0.1) is 0 Å². The smallest absolute Gasteiger partial charge is 0.272 e. The molecule has 1 amide bonds. The van der Waals surface area contributed by atoms with E-state index in [2.05, 4.69) is 15.1 Å². The van der Waals surface area contributed by atoms with Crippen LogP contribution in [-0.2, 0) is 4.79 Å². The molecule has 1 aromatic rings. The van der Waals surface area contributed by atoms with Crippen LogP contribution in [0.1, 0.15) is 17.9 Å². The van der Waals surface area contributed by atoms with Crippen molar-refractivity contribution in [3.8, 4) is 0 Å². The summed E-state index contributed by atoms with van der Waals surface area (Å²) in [6.07, 6.45) is -5.35. The lowest BCUT2D eigenvalue weighted by molar-refractivity contribution is -0.117. The molecule has 0 atom stereocenters. The average molecular weight is 258 g/mol. The number of halogens is 3. The molecule has 2 rings (SSSR count). The van der Waals surface area contributed by atoms with Crippen LogP contribution in [0.2, 0.25) is 0 Å². The second kappa shape index (κ2) is 4.04. The van der Waals surface area contributed by atoms with E-state index in [1.165, 1.54) is 6.07 Å². The summed E-state index contributed by atoms with van der Waals surface area (Å²) in [5.41, 5.74) is -0.553. The van der Waals surface area contributed by atoms with Gasteiger partial charge in [-0.05, 0) is 13.8 Å². The molecule has 0 radical (unpaired) electrons. The lowest BCUT2D eigenvalue weighted by atomic mass is 10.2. The van der Waals surface area contributed by atoms with E-state index in [1.54, 1.807) is 13.8 Å². The van der Waals surface area contributed by atoms with Crippen LogP contribution >= 0.6 is 0 Å². The molecule has 1 aromatic heterocycles. The van der Waals surface area contributed by atoms with E-state index < -0.39 is 24.2 Å². The Balaban J connectivity index is 2.39. The van der Waals surface area contributed by atoms with Crippen LogP contribution in [0, 0.1) is 13.8 Å². The maximum atomic E-state index is 12.4. The van der Waals surface area contributed by atoms with E-state index in [0.29, 0.717) is 16.5 Å².